The third-order valence-electron chi connectivity index (χ3n) is 2.28. The molecule has 0 aromatic carbocycles. The second-order valence-corrected chi connectivity index (χ2v) is 3.97. The second-order valence-electron chi connectivity index (χ2n) is 3.97. The van der Waals surface area contributed by atoms with E-state index in [-0.39, 0.29) is 0 Å². The highest BCUT2D eigenvalue weighted by Crippen LogP contribution is 2.05. The summed E-state index contributed by atoms with van der Waals surface area (Å²) < 4.78 is 0. The van der Waals surface area contributed by atoms with Crippen LogP contribution in [-0.2, 0) is 12.8 Å². The van der Waals surface area contributed by atoms with Crippen molar-refractivity contribution in [2.24, 2.45) is 0 Å². The molecule has 3 heteroatoms. The van der Waals surface area contributed by atoms with E-state index < -0.39 is 0 Å². The molecule has 0 amide bonds. The van der Waals surface area contributed by atoms with Crippen molar-refractivity contribution in [2.45, 2.75) is 46.6 Å². The minimum Gasteiger partial charge on any atom is -0.346 e. The molecule has 0 fully saturated rings. The quantitative estimate of drug-likeness (QED) is 0.752. The van der Waals surface area contributed by atoms with Gasteiger partial charge >= 0.3 is 0 Å². The van der Waals surface area contributed by atoms with Crippen LogP contribution in [0.2, 0.25) is 0 Å². The smallest absolute Gasteiger partial charge is 0.107 e. The van der Waals surface area contributed by atoms with Crippen molar-refractivity contribution in [3.63, 3.8) is 0 Å². The molecule has 0 saturated carbocycles. The predicted octanol–water partition coefficient (Wildman–Crippen LogP) is 1.82. The first-order chi connectivity index (χ1) is 6.63. The monoisotopic (exact) mass is 195 g/mol. The van der Waals surface area contributed by atoms with Gasteiger partial charge in [-0.3, -0.25) is 0 Å². The van der Waals surface area contributed by atoms with Crippen LogP contribution < -0.4 is 5.32 Å². The molecule has 1 aromatic rings. The summed E-state index contributed by atoms with van der Waals surface area (Å²) in [5.74, 6) is 1.10. The third kappa shape index (κ3) is 3.14. The van der Waals surface area contributed by atoms with Crippen LogP contribution in [0.4, 0.5) is 0 Å². The fourth-order valence-electron chi connectivity index (χ4n) is 1.51. The Morgan fingerprint density at radius 1 is 1.43 bits per heavy atom. The fourth-order valence-corrected chi connectivity index (χ4v) is 1.51. The van der Waals surface area contributed by atoms with Gasteiger partial charge in [-0.25, -0.2) is 4.98 Å². The molecule has 14 heavy (non-hydrogen) atoms. The minimum absolute atomic E-state index is 0.553. The Balaban J connectivity index is 2.43. The first-order valence-corrected chi connectivity index (χ1v) is 5.41. The molecule has 0 radical (unpaired) electrons. The van der Waals surface area contributed by atoms with Crippen molar-refractivity contribution in [3.8, 4) is 0 Å². The summed E-state index contributed by atoms with van der Waals surface area (Å²) in [6.07, 6.45) is 2.00. The molecule has 80 valence electrons. The van der Waals surface area contributed by atoms with E-state index in [4.69, 9.17) is 0 Å². The van der Waals surface area contributed by atoms with Crippen LogP contribution in [-0.4, -0.2) is 22.6 Å². The number of H-pyrrole nitrogens is 1. The maximum Gasteiger partial charge on any atom is 0.107 e. The Hall–Kier alpha value is -0.830. The SMILES string of the molecule is CCc1nc(CCNC(C)C)[nH]c1C. The Kier molecular flexibility index (Phi) is 4.14. The van der Waals surface area contributed by atoms with Crippen LogP contribution >= 0.6 is 0 Å². The predicted molar refractivity (Wildman–Crippen MR) is 59.5 cm³/mol. The zero-order chi connectivity index (χ0) is 10.6. The number of nitrogens with one attached hydrogen (secondary N) is 2. The second kappa shape index (κ2) is 5.15. The van der Waals surface area contributed by atoms with Gasteiger partial charge in [-0.2, -0.15) is 0 Å². The maximum absolute atomic E-state index is 4.53. The highest BCUT2D eigenvalue weighted by Gasteiger charge is 2.04. The molecule has 0 unspecified atom stereocenters. The summed E-state index contributed by atoms with van der Waals surface area (Å²) in [6.45, 7) is 9.54. The summed E-state index contributed by atoms with van der Waals surface area (Å²) in [5.41, 5.74) is 2.41. The van der Waals surface area contributed by atoms with Gasteiger partial charge < -0.3 is 10.3 Å². The van der Waals surface area contributed by atoms with E-state index in [2.05, 4.69) is 43.0 Å². The minimum atomic E-state index is 0.553. The van der Waals surface area contributed by atoms with Crippen molar-refractivity contribution in [1.82, 2.24) is 15.3 Å². The third-order valence-corrected chi connectivity index (χ3v) is 2.28. The first-order valence-electron chi connectivity index (χ1n) is 5.41. The molecule has 0 spiro atoms. The van der Waals surface area contributed by atoms with Crippen LogP contribution in [0.3, 0.4) is 0 Å². The topological polar surface area (TPSA) is 40.7 Å². The average Bonchev–Trinajstić information content (AvgIpc) is 2.45. The number of hydrogen-bond donors (Lipinski definition) is 2. The number of nitrogens with zero attached hydrogens (tertiary/aromatic N) is 1. The number of rotatable bonds is 5. The number of aromatic nitrogens is 2. The summed E-state index contributed by atoms with van der Waals surface area (Å²) >= 11 is 0. The summed E-state index contributed by atoms with van der Waals surface area (Å²) in [6, 6.07) is 0.553. The molecule has 0 aliphatic heterocycles. The molecule has 1 rings (SSSR count). The number of hydrogen-bond acceptors (Lipinski definition) is 2. The van der Waals surface area contributed by atoms with Crippen LogP contribution in [0.5, 0.6) is 0 Å². The van der Waals surface area contributed by atoms with Gasteiger partial charge in [0.15, 0.2) is 0 Å². The molecular formula is C11H21N3. The van der Waals surface area contributed by atoms with Crippen molar-refractivity contribution in [3.05, 3.63) is 17.2 Å². The van der Waals surface area contributed by atoms with Crippen LogP contribution in [0, 0.1) is 6.92 Å². The molecule has 0 atom stereocenters. The highest BCUT2D eigenvalue weighted by atomic mass is 15.0. The first kappa shape index (κ1) is 11.2. The highest BCUT2D eigenvalue weighted by molar-refractivity contribution is 5.12. The van der Waals surface area contributed by atoms with E-state index in [1.54, 1.807) is 0 Å². The number of aromatic amines is 1. The number of aryl methyl sites for hydroxylation is 2. The van der Waals surface area contributed by atoms with Gasteiger partial charge in [0.05, 0.1) is 5.69 Å². The van der Waals surface area contributed by atoms with E-state index >= 15 is 0 Å². The molecule has 1 aromatic heterocycles. The number of imidazole rings is 1. The zero-order valence-corrected chi connectivity index (χ0v) is 9.65. The van der Waals surface area contributed by atoms with Gasteiger partial charge in [0.2, 0.25) is 0 Å². The molecular weight excluding hydrogens is 174 g/mol. The molecule has 0 aliphatic carbocycles. The van der Waals surface area contributed by atoms with Crippen LogP contribution in [0.1, 0.15) is 38.0 Å². The van der Waals surface area contributed by atoms with Crippen LogP contribution in [0.15, 0.2) is 0 Å². The zero-order valence-electron chi connectivity index (χ0n) is 9.65. The fraction of sp³-hybridized carbons (Fsp3) is 0.727. The van der Waals surface area contributed by atoms with E-state index in [1.807, 2.05) is 0 Å². The molecule has 0 saturated heterocycles. The standard InChI is InChI=1S/C11H21N3/c1-5-10-9(4)13-11(14-10)6-7-12-8(2)3/h8,12H,5-7H2,1-4H3,(H,13,14). The van der Waals surface area contributed by atoms with E-state index in [9.17, 15) is 0 Å². The lowest BCUT2D eigenvalue weighted by Gasteiger charge is -2.05. The molecule has 0 bridgehead atoms. The summed E-state index contributed by atoms with van der Waals surface area (Å²) in [4.78, 5) is 7.85. The Morgan fingerprint density at radius 2 is 2.14 bits per heavy atom. The molecule has 3 nitrogen and oxygen atoms in total. The maximum atomic E-state index is 4.53. The van der Waals surface area contributed by atoms with Crippen molar-refractivity contribution >= 4 is 0 Å². The van der Waals surface area contributed by atoms with Crippen LogP contribution in [0.25, 0.3) is 0 Å². The largest absolute Gasteiger partial charge is 0.346 e. The summed E-state index contributed by atoms with van der Waals surface area (Å²) in [5, 5.41) is 3.38. The Bertz CT molecular complexity index is 276. The molecule has 1 heterocycles. The van der Waals surface area contributed by atoms with Gasteiger partial charge in [-0.1, -0.05) is 20.8 Å². The normalized spacial score (nSPS) is 11.2. The molecule has 2 N–H and O–H groups in total. The van der Waals surface area contributed by atoms with Crippen molar-refractivity contribution in [2.75, 3.05) is 6.54 Å². The van der Waals surface area contributed by atoms with Gasteiger partial charge in [-0.15, -0.1) is 0 Å². The average molecular weight is 195 g/mol. The summed E-state index contributed by atoms with van der Waals surface area (Å²) in [7, 11) is 0. The van der Waals surface area contributed by atoms with Crippen molar-refractivity contribution < 1.29 is 0 Å². The van der Waals surface area contributed by atoms with E-state index in [1.165, 1.54) is 11.4 Å². The van der Waals surface area contributed by atoms with Gasteiger partial charge in [-0.05, 0) is 13.3 Å². The van der Waals surface area contributed by atoms with Gasteiger partial charge in [0.1, 0.15) is 5.82 Å². The van der Waals surface area contributed by atoms with Crippen molar-refractivity contribution in [1.29, 1.82) is 0 Å². The Morgan fingerprint density at radius 3 is 2.64 bits per heavy atom. The van der Waals surface area contributed by atoms with Gasteiger partial charge in [0.25, 0.3) is 0 Å². The Labute approximate surface area is 86.3 Å². The lowest BCUT2D eigenvalue weighted by molar-refractivity contribution is 0.584. The molecule has 0 aliphatic rings. The lowest BCUT2D eigenvalue weighted by Crippen LogP contribution is -2.25. The van der Waals surface area contributed by atoms with E-state index in [0.29, 0.717) is 6.04 Å². The lowest BCUT2D eigenvalue weighted by atomic mass is 10.3. The van der Waals surface area contributed by atoms with E-state index in [0.717, 1.165) is 25.2 Å². The van der Waals surface area contributed by atoms with Gasteiger partial charge in [0, 0.05) is 24.7 Å².